The number of nitrogens with zero attached hydrogens (tertiary/aromatic N) is 1. The van der Waals surface area contributed by atoms with Gasteiger partial charge in [-0.25, -0.2) is 0 Å². The number of carbonyl (C=O) groups is 2. The molecule has 2 aliphatic rings. The van der Waals surface area contributed by atoms with E-state index in [9.17, 15) is 9.59 Å². The molecule has 2 amide bonds. The van der Waals surface area contributed by atoms with Crippen molar-refractivity contribution >= 4 is 27.7 Å². The lowest BCUT2D eigenvalue weighted by atomic mass is 9.96. The van der Waals surface area contributed by atoms with E-state index in [-0.39, 0.29) is 11.8 Å². The summed E-state index contributed by atoms with van der Waals surface area (Å²) in [6.45, 7) is 3.94. The molecule has 1 aliphatic heterocycles. The van der Waals surface area contributed by atoms with E-state index in [1.807, 2.05) is 17.0 Å². The first-order valence-electron chi connectivity index (χ1n) is 8.33. The minimum atomic E-state index is 0.0263. The fraction of sp³-hybridized carbons (Fsp3) is 0.556. The standard InChI is InChI=1S/C18H23BrN2O2/c1-12(22)20-11-13-5-7-21(8-6-13)18(23)17-10-16(17)14-3-2-4-15(19)9-14/h2-4,9,13,16-17H,5-8,10-11H2,1H3,(H,20,22)/t16-,17+/m1/s1. The Kier molecular flexibility index (Phi) is 5.05. The summed E-state index contributed by atoms with van der Waals surface area (Å²) in [5.41, 5.74) is 1.26. The quantitative estimate of drug-likeness (QED) is 0.875. The summed E-state index contributed by atoms with van der Waals surface area (Å²) in [6, 6.07) is 8.29. The molecule has 0 bridgehead atoms. The Morgan fingerprint density at radius 3 is 2.70 bits per heavy atom. The maximum Gasteiger partial charge on any atom is 0.226 e. The van der Waals surface area contributed by atoms with Gasteiger partial charge in [0, 0.05) is 36.9 Å². The van der Waals surface area contributed by atoms with Crippen LogP contribution in [-0.4, -0.2) is 36.3 Å². The number of nitrogens with one attached hydrogen (secondary N) is 1. The van der Waals surface area contributed by atoms with Crippen LogP contribution in [0, 0.1) is 11.8 Å². The van der Waals surface area contributed by atoms with Crippen LogP contribution in [0.1, 0.15) is 37.7 Å². The van der Waals surface area contributed by atoms with Crippen LogP contribution in [0.15, 0.2) is 28.7 Å². The van der Waals surface area contributed by atoms with E-state index in [1.165, 1.54) is 5.56 Å². The molecule has 0 radical (unpaired) electrons. The fourth-order valence-corrected chi connectivity index (χ4v) is 3.87. The Bertz CT molecular complexity index is 596. The summed E-state index contributed by atoms with van der Waals surface area (Å²) in [5.74, 6) is 1.39. The maximum atomic E-state index is 12.6. The Labute approximate surface area is 145 Å². The van der Waals surface area contributed by atoms with Crippen molar-refractivity contribution in [3.8, 4) is 0 Å². The Morgan fingerprint density at radius 1 is 1.30 bits per heavy atom. The van der Waals surface area contributed by atoms with E-state index >= 15 is 0 Å². The van der Waals surface area contributed by atoms with Crippen molar-refractivity contribution < 1.29 is 9.59 Å². The molecule has 4 nitrogen and oxygen atoms in total. The van der Waals surface area contributed by atoms with Crippen molar-refractivity contribution in [3.63, 3.8) is 0 Å². The number of amides is 2. The number of rotatable bonds is 4. The fourth-order valence-electron chi connectivity index (χ4n) is 3.45. The first-order chi connectivity index (χ1) is 11.0. The van der Waals surface area contributed by atoms with Gasteiger partial charge < -0.3 is 10.2 Å². The van der Waals surface area contributed by atoms with Gasteiger partial charge in [-0.3, -0.25) is 9.59 Å². The van der Waals surface area contributed by atoms with Crippen molar-refractivity contribution in [2.45, 2.75) is 32.1 Å². The summed E-state index contributed by atoms with van der Waals surface area (Å²) < 4.78 is 1.08. The molecule has 1 heterocycles. The summed E-state index contributed by atoms with van der Waals surface area (Å²) in [5, 5.41) is 2.88. The van der Waals surface area contributed by atoms with E-state index in [1.54, 1.807) is 6.92 Å². The highest BCUT2D eigenvalue weighted by Crippen LogP contribution is 2.49. The number of hydrogen-bond acceptors (Lipinski definition) is 2. The molecule has 0 aromatic heterocycles. The Balaban J connectivity index is 1.48. The van der Waals surface area contributed by atoms with Gasteiger partial charge in [0.1, 0.15) is 0 Å². The first-order valence-corrected chi connectivity index (χ1v) is 9.12. The molecule has 5 heteroatoms. The topological polar surface area (TPSA) is 49.4 Å². The SMILES string of the molecule is CC(=O)NCC1CCN(C(=O)[C@H]2C[C@@H]2c2cccc(Br)c2)CC1. The highest BCUT2D eigenvalue weighted by Gasteiger charge is 2.46. The zero-order chi connectivity index (χ0) is 16.4. The largest absolute Gasteiger partial charge is 0.356 e. The lowest BCUT2D eigenvalue weighted by Crippen LogP contribution is -2.42. The Hall–Kier alpha value is -1.36. The van der Waals surface area contributed by atoms with Gasteiger partial charge in [0.05, 0.1) is 0 Å². The van der Waals surface area contributed by atoms with Gasteiger partial charge in [0.2, 0.25) is 11.8 Å². The van der Waals surface area contributed by atoms with Gasteiger partial charge in [-0.05, 0) is 48.8 Å². The van der Waals surface area contributed by atoms with Crippen molar-refractivity contribution in [1.29, 1.82) is 0 Å². The minimum absolute atomic E-state index is 0.0263. The van der Waals surface area contributed by atoms with Gasteiger partial charge in [-0.15, -0.1) is 0 Å². The molecule has 0 unspecified atom stereocenters. The van der Waals surface area contributed by atoms with Crippen molar-refractivity contribution in [1.82, 2.24) is 10.2 Å². The molecule has 1 saturated carbocycles. The third kappa shape index (κ3) is 4.14. The second kappa shape index (κ2) is 7.04. The second-order valence-electron chi connectivity index (χ2n) is 6.71. The third-order valence-electron chi connectivity index (χ3n) is 4.95. The van der Waals surface area contributed by atoms with Gasteiger partial charge in [-0.2, -0.15) is 0 Å². The number of hydrogen-bond donors (Lipinski definition) is 1. The lowest BCUT2D eigenvalue weighted by molar-refractivity contribution is -0.134. The third-order valence-corrected chi connectivity index (χ3v) is 5.44. The average Bonchev–Trinajstić information content (AvgIpc) is 3.33. The van der Waals surface area contributed by atoms with Gasteiger partial charge >= 0.3 is 0 Å². The zero-order valence-corrected chi connectivity index (χ0v) is 15.0. The van der Waals surface area contributed by atoms with Crippen LogP contribution in [-0.2, 0) is 9.59 Å². The minimum Gasteiger partial charge on any atom is -0.356 e. The van der Waals surface area contributed by atoms with Crippen molar-refractivity contribution in [3.05, 3.63) is 34.3 Å². The van der Waals surface area contributed by atoms with Crippen LogP contribution in [0.3, 0.4) is 0 Å². The summed E-state index contributed by atoms with van der Waals surface area (Å²) in [7, 11) is 0. The summed E-state index contributed by atoms with van der Waals surface area (Å²) in [6.07, 6.45) is 2.95. The van der Waals surface area contributed by atoms with Crippen molar-refractivity contribution in [2.75, 3.05) is 19.6 Å². The van der Waals surface area contributed by atoms with Crippen LogP contribution < -0.4 is 5.32 Å². The highest BCUT2D eigenvalue weighted by molar-refractivity contribution is 9.10. The van der Waals surface area contributed by atoms with Crippen LogP contribution in [0.2, 0.25) is 0 Å². The molecule has 1 aliphatic carbocycles. The van der Waals surface area contributed by atoms with Crippen LogP contribution in [0.25, 0.3) is 0 Å². The van der Waals surface area contributed by atoms with E-state index in [0.717, 1.165) is 43.4 Å². The van der Waals surface area contributed by atoms with E-state index in [2.05, 4.69) is 33.4 Å². The number of piperidine rings is 1. The van der Waals surface area contributed by atoms with Crippen molar-refractivity contribution in [2.24, 2.45) is 11.8 Å². The molecule has 1 aromatic carbocycles. The molecule has 2 atom stereocenters. The maximum absolute atomic E-state index is 12.6. The van der Waals surface area contributed by atoms with E-state index in [4.69, 9.17) is 0 Å². The Morgan fingerprint density at radius 2 is 2.04 bits per heavy atom. The van der Waals surface area contributed by atoms with Crippen LogP contribution >= 0.6 is 15.9 Å². The lowest BCUT2D eigenvalue weighted by Gasteiger charge is -2.32. The monoisotopic (exact) mass is 378 g/mol. The van der Waals surface area contributed by atoms with Gasteiger partial charge in [0.25, 0.3) is 0 Å². The number of halogens is 1. The van der Waals surface area contributed by atoms with Crippen LogP contribution in [0.4, 0.5) is 0 Å². The molecular weight excluding hydrogens is 356 g/mol. The zero-order valence-electron chi connectivity index (χ0n) is 13.4. The van der Waals surface area contributed by atoms with Gasteiger partial charge in [-0.1, -0.05) is 28.1 Å². The molecular formula is C18H23BrN2O2. The van der Waals surface area contributed by atoms with Crippen LogP contribution in [0.5, 0.6) is 0 Å². The van der Waals surface area contributed by atoms with E-state index < -0.39 is 0 Å². The molecule has 1 N–H and O–H groups in total. The molecule has 1 saturated heterocycles. The predicted octanol–water partition coefficient (Wildman–Crippen LogP) is 2.93. The highest BCUT2D eigenvalue weighted by atomic mass is 79.9. The van der Waals surface area contributed by atoms with E-state index in [0.29, 0.717) is 17.7 Å². The molecule has 2 fully saturated rings. The number of benzene rings is 1. The molecule has 124 valence electrons. The summed E-state index contributed by atoms with van der Waals surface area (Å²) in [4.78, 5) is 25.6. The first kappa shape index (κ1) is 16.5. The normalized spacial score (nSPS) is 24.3. The second-order valence-corrected chi connectivity index (χ2v) is 7.63. The molecule has 23 heavy (non-hydrogen) atoms. The molecule has 3 rings (SSSR count). The summed E-state index contributed by atoms with van der Waals surface area (Å²) >= 11 is 3.50. The predicted molar refractivity (Wildman–Crippen MR) is 93.0 cm³/mol. The molecule has 0 spiro atoms. The smallest absolute Gasteiger partial charge is 0.226 e. The molecule has 1 aromatic rings. The average molecular weight is 379 g/mol. The number of carbonyl (C=O) groups excluding carboxylic acids is 2. The number of likely N-dealkylation sites (tertiary alicyclic amines) is 1. The van der Waals surface area contributed by atoms with Gasteiger partial charge in [0.15, 0.2) is 0 Å².